The van der Waals surface area contributed by atoms with Gasteiger partial charge in [-0.15, -0.1) is 0 Å². The van der Waals surface area contributed by atoms with Gasteiger partial charge < -0.3 is 9.47 Å². The fourth-order valence-corrected chi connectivity index (χ4v) is 1.31. The summed E-state index contributed by atoms with van der Waals surface area (Å²) in [5, 5.41) is 8.49. The highest BCUT2D eigenvalue weighted by molar-refractivity contribution is 5.97. The Labute approximate surface area is 80.2 Å². The number of ether oxygens (including phenoxy) is 2. The standard InChI is InChI=1S/C9H9NO4/c11-9(10-12)6-2-1-3-7-8(6)14-5-4-13-7/h1-3,12H,4-5H2,(H,10,11). The van der Waals surface area contributed by atoms with Crippen LogP contribution in [0, 0.1) is 0 Å². The first-order valence-electron chi connectivity index (χ1n) is 4.16. The monoisotopic (exact) mass is 195 g/mol. The molecule has 0 saturated heterocycles. The third-order valence-electron chi connectivity index (χ3n) is 1.91. The molecule has 0 saturated carbocycles. The Morgan fingerprint density at radius 2 is 2.14 bits per heavy atom. The van der Waals surface area contributed by atoms with Crippen LogP contribution >= 0.6 is 0 Å². The summed E-state index contributed by atoms with van der Waals surface area (Å²) < 4.78 is 10.6. The highest BCUT2D eigenvalue weighted by atomic mass is 16.6. The fourth-order valence-electron chi connectivity index (χ4n) is 1.31. The molecule has 1 heterocycles. The van der Waals surface area contributed by atoms with E-state index in [-0.39, 0.29) is 5.56 Å². The van der Waals surface area contributed by atoms with Gasteiger partial charge in [0.25, 0.3) is 5.91 Å². The molecule has 1 amide bonds. The van der Waals surface area contributed by atoms with Crippen LogP contribution in [-0.2, 0) is 0 Å². The molecule has 0 fully saturated rings. The Balaban J connectivity index is 2.45. The number of hydrogen-bond donors (Lipinski definition) is 2. The number of hydrogen-bond acceptors (Lipinski definition) is 4. The van der Waals surface area contributed by atoms with E-state index < -0.39 is 5.91 Å². The molecule has 74 valence electrons. The largest absolute Gasteiger partial charge is 0.486 e. The summed E-state index contributed by atoms with van der Waals surface area (Å²) in [5.41, 5.74) is 1.83. The van der Waals surface area contributed by atoms with Crippen molar-refractivity contribution in [3.05, 3.63) is 23.8 Å². The van der Waals surface area contributed by atoms with Gasteiger partial charge in [-0.3, -0.25) is 10.0 Å². The van der Waals surface area contributed by atoms with Gasteiger partial charge >= 0.3 is 0 Å². The lowest BCUT2D eigenvalue weighted by molar-refractivity contribution is 0.0696. The number of fused-ring (bicyclic) bond motifs is 1. The van der Waals surface area contributed by atoms with E-state index in [0.29, 0.717) is 24.7 Å². The number of amides is 1. The number of benzene rings is 1. The zero-order valence-corrected chi connectivity index (χ0v) is 7.32. The maximum atomic E-state index is 11.2. The average Bonchev–Trinajstić information content (AvgIpc) is 2.27. The van der Waals surface area contributed by atoms with Gasteiger partial charge in [0.05, 0.1) is 5.56 Å². The van der Waals surface area contributed by atoms with Gasteiger partial charge in [-0.05, 0) is 12.1 Å². The molecule has 1 aliphatic heterocycles. The van der Waals surface area contributed by atoms with Crippen molar-refractivity contribution in [2.75, 3.05) is 13.2 Å². The fraction of sp³-hybridized carbons (Fsp3) is 0.222. The summed E-state index contributed by atoms with van der Waals surface area (Å²) in [4.78, 5) is 11.2. The van der Waals surface area contributed by atoms with Crippen LogP contribution in [0.3, 0.4) is 0 Å². The second kappa shape index (κ2) is 3.55. The van der Waals surface area contributed by atoms with Crippen molar-refractivity contribution in [2.45, 2.75) is 0 Å². The number of carbonyl (C=O) groups is 1. The van der Waals surface area contributed by atoms with Gasteiger partial charge in [-0.25, -0.2) is 5.48 Å². The summed E-state index contributed by atoms with van der Waals surface area (Å²) in [6, 6.07) is 4.93. The van der Waals surface area contributed by atoms with Crippen molar-refractivity contribution < 1.29 is 19.5 Å². The molecule has 0 aliphatic carbocycles. The van der Waals surface area contributed by atoms with E-state index in [4.69, 9.17) is 14.7 Å². The number of rotatable bonds is 1. The summed E-state index contributed by atoms with van der Waals surface area (Å²) in [6.07, 6.45) is 0. The summed E-state index contributed by atoms with van der Waals surface area (Å²) in [7, 11) is 0. The van der Waals surface area contributed by atoms with Crippen LogP contribution in [0.1, 0.15) is 10.4 Å². The lowest BCUT2D eigenvalue weighted by atomic mass is 10.1. The van der Waals surface area contributed by atoms with Crippen LogP contribution in [0.25, 0.3) is 0 Å². The van der Waals surface area contributed by atoms with E-state index in [1.54, 1.807) is 23.7 Å². The van der Waals surface area contributed by atoms with Crippen molar-refractivity contribution in [1.82, 2.24) is 5.48 Å². The van der Waals surface area contributed by atoms with Crippen molar-refractivity contribution in [3.63, 3.8) is 0 Å². The van der Waals surface area contributed by atoms with Crippen molar-refractivity contribution in [1.29, 1.82) is 0 Å². The highest BCUT2D eigenvalue weighted by Gasteiger charge is 2.19. The van der Waals surface area contributed by atoms with Crippen LogP contribution in [0.5, 0.6) is 11.5 Å². The average molecular weight is 195 g/mol. The predicted octanol–water partition coefficient (Wildman–Crippen LogP) is 0.577. The summed E-state index contributed by atoms with van der Waals surface area (Å²) in [6.45, 7) is 0.875. The van der Waals surface area contributed by atoms with Gasteiger partial charge in [0.15, 0.2) is 11.5 Å². The van der Waals surface area contributed by atoms with Gasteiger partial charge in [-0.2, -0.15) is 0 Å². The third kappa shape index (κ3) is 1.38. The topological polar surface area (TPSA) is 67.8 Å². The minimum Gasteiger partial charge on any atom is -0.486 e. The summed E-state index contributed by atoms with van der Waals surface area (Å²) >= 11 is 0. The van der Waals surface area contributed by atoms with Crippen molar-refractivity contribution in [3.8, 4) is 11.5 Å². The first-order valence-corrected chi connectivity index (χ1v) is 4.16. The molecule has 1 aliphatic rings. The second-order valence-electron chi connectivity index (χ2n) is 2.77. The minimum atomic E-state index is -0.604. The molecule has 0 bridgehead atoms. The van der Waals surface area contributed by atoms with E-state index in [1.165, 1.54) is 0 Å². The molecule has 0 aromatic heterocycles. The number of hydroxylamine groups is 1. The second-order valence-corrected chi connectivity index (χ2v) is 2.77. The molecule has 1 aromatic rings. The zero-order valence-electron chi connectivity index (χ0n) is 7.32. The lowest BCUT2D eigenvalue weighted by Gasteiger charge is -2.19. The lowest BCUT2D eigenvalue weighted by Crippen LogP contribution is -2.23. The van der Waals surface area contributed by atoms with Gasteiger partial charge in [0.2, 0.25) is 0 Å². The molecule has 0 radical (unpaired) electrons. The van der Waals surface area contributed by atoms with Crippen LogP contribution in [0.4, 0.5) is 0 Å². The van der Waals surface area contributed by atoms with Gasteiger partial charge in [0.1, 0.15) is 13.2 Å². The normalized spacial score (nSPS) is 13.5. The number of carbonyl (C=O) groups excluding carboxylic acids is 1. The molecule has 5 nitrogen and oxygen atoms in total. The molecular weight excluding hydrogens is 186 g/mol. The maximum Gasteiger partial charge on any atom is 0.278 e. The Bertz CT molecular complexity index is 364. The van der Waals surface area contributed by atoms with E-state index in [2.05, 4.69) is 0 Å². The first-order chi connectivity index (χ1) is 6.83. The van der Waals surface area contributed by atoms with E-state index in [1.807, 2.05) is 0 Å². The van der Waals surface area contributed by atoms with Crippen LogP contribution < -0.4 is 15.0 Å². The molecule has 2 N–H and O–H groups in total. The Kier molecular flexibility index (Phi) is 2.24. The van der Waals surface area contributed by atoms with Crippen LogP contribution in [0.15, 0.2) is 18.2 Å². The maximum absolute atomic E-state index is 11.2. The molecule has 0 unspecified atom stereocenters. The Morgan fingerprint density at radius 1 is 1.36 bits per heavy atom. The zero-order chi connectivity index (χ0) is 9.97. The van der Waals surface area contributed by atoms with Crippen LogP contribution in [-0.4, -0.2) is 24.3 Å². The predicted molar refractivity (Wildman–Crippen MR) is 46.7 cm³/mol. The van der Waals surface area contributed by atoms with Crippen molar-refractivity contribution in [2.24, 2.45) is 0 Å². The summed E-state index contributed by atoms with van der Waals surface area (Å²) in [5.74, 6) is 0.301. The first kappa shape index (κ1) is 8.83. The Hall–Kier alpha value is -1.75. The molecule has 14 heavy (non-hydrogen) atoms. The number of nitrogens with one attached hydrogen (secondary N) is 1. The van der Waals surface area contributed by atoms with E-state index in [0.717, 1.165) is 0 Å². The molecular formula is C9H9NO4. The molecule has 1 aromatic carbocycles. The van der Waals surface area contributed by atoms with E-state index >= 15 is 0 Å². The third-order valence-corrected chi connectivity index (χ3v) is 1.91. The number of para-hydroxylation sites is 1. The van der Waals surface area contributed by atoms with E-state index in [9.17, 15) is 4.79 Å². The molecule has 0 atom stereocenters. The SMILES string of the molecule is O=C(NO)c1cccc2c1OCCO2. The van der Waals surface area contributed by atoms with Crippen LogP contribution in [0.2, 0.25) is 0 Å². The highest BCUT2D eigenvalue weighted by Crippen LogP contribution is 2.33. The van der Waals surface area contributed by atoms with Gasteiger partial charge in [0, 0.05) is 0 Å². The quantitative estimate of drug-likeness (QED) is 0.508. The molecule has 5 heteroatoms. The molecule has 2 rings (SSSR count). The molecule has 0 spiro atoms. The smallest absolute Gasteiger partial charge is 0.278 e. The van der Waals surface area contributed by atoms with Crippen molar-refractivity contribution >= 4 is 5.91 Å². The van der Waals surface area contributed by atoms with Gasteiger partial charge in [-0.1, -0.05) is 6.07 Å². The Morgan fingerprint density at radius 3 is 2.93 bits per heavy atom. The minimum absolute atomic E-state index is 0.268.